The van der Waals surface area contributed by atoms with Gasteiger partial charge in [-0.25, -0.2) is 9.50 Å². The van der Waals surface area contributed by atoms with Gasteiger partial charge in [-0.1, -0.05) is 6.92 Å². The van der Waals surface area contributed by atoms with E-state index in [1.807, 2.05) is 11.8 Å². The van der Waals surface area contributed by atoms with Crippen molar-refractivity contribution in [2.75, 3.05) is 13.1 Å². The fourth-order valence-corrected chi connectivity index (χ4v) is 3.32. The minimum absolute atomic E-state index is 0.0498. The van der Waals surface area contributed by atoms with Gasteiger partial charge in [-0.2, -0.15) is 18.3 Å². The van der Waals surface area contributed by atoms with Gasteiger partial charge in [0.05, 0.1) is 5.69 Å². The van der Waals surface area contributed by atoms with Crippen LogP contribution in [0.2, 0.25) is 0 Å². The molecule has 0 aliphatic carbocycles. The SMILES string of the molecule is CCCC(=O)N1CCC(c2cc3nc(C)cc(C(F)(F)F)n3n2)CC1. The smallest absolute Gasteiger partial charge is 0.343 e. The second-order valence-electron chi connectivity index (χ2n) is 6.52. The quantitative estimate of drug-likeness (QED) is 0.847. The minimum atomic E-state index is -4.48. The van der Waals surface area contributed by atoms with Crippen LogP contribution >= 0.6 is 0 Å². The van der Waals surface area contributed by atoms with Crippen molar-refractivity contribution in [3.05, 3.63) is 29.2 Å². The van der Waals surface area contributed by atoms with Crippen molar-refractivity contribution in [1.29, 1.82) is 0 Å². The Bertz CT molecular complexity index is 776. The summed E-state index contributed by atoms with van der Waals surface area (Å²) in [5, 5.41) is 4.18. The molecule has 5 nitrogen and oxygen atoms in total. The average molecular weight is 354 g/mol. The number of likely N-dealkylation sites (tertiary alicyclic amines) is 1. The van der Waals surface area contributed by atoms with Gasteiger partial charge in [-0.05, 0) is 32.3 Å². The Balaban J connectivity index is 1.83. The van der Waals surface area contributed by atoms with Gasteiger partial charge >= 0.3 is 6.18 Å². The van der Waals surface area contributed by atoms with Gasteiger partial charge in [0.2, 0.25) is 5.91 Å². The maximum atomic E-state index is 13.2. The van der Waals surface area contributed by atoms with E-state index in [9.17, 15) is 18.0 Å². The van der Waals surface area contributed by atoms with Crippen LogP contribution in [0.4, 0.5) is 13.2 Å². The molecule has 1 aliphatic heterocycles. The van der Waals surface area contributed by atoms with Crippen molar-refractivity contribution in [3.63, 3.8) is 0 Å². The van der Waals surface area contributed by atoms with E-state index in [1.54, 1.807) is 13.0 Å². The molecular weight excluding hydrogens is 333 g/mol. The maximum absolute atomic E-state index is 13.2. The van der Waals surface area contributed by atoms with Gasteiger partial charge in [0.15, 0.2) is 5.65 Å². The van der Waals surface area contributed by atoms with Crippen LogP contribution in [0.5, 0.6) is 0 Å². The number of alkyl halides is 3. The van der Waals surface area contributed by atoms with Crippen LogP contribution in [0, 0.1) is 6.92 Å². The summed E-state index contributed by atoms with van der Waals surface area (Å²) in [6.07, 6.45) is -1.71. The molecule has 25 heavy (non-hydrogen) atoms. The lowest BCUT2D eigenvalue weighted by Crippen LogP contribution is -2.37. The zero-order valence-electron chi connectivity index (χ0n) is 14.3. The van der Waals surface area contributed by atoms with E-state index in [0.717, 1.165) is 17.0 Å². The average Bonchev–Trinajstić information content (AvgIpc) is 2.97. The standard InChI is InChI=1S/C17H21F3N4O/c1-3-4-16(25)23-7-5-12(6-8-23)13-10-15-21-11(2)9-14(17(18,19)20)24(15)22-13/h9-10,12H,3-8H2,1-2H3. The van der Waals surface area contributed by atoms with Gasteiger partial charge in [-0.3, -0.25) is 4.79 Å². The third kappa shape index (κ3) is 3.62. The molecule has 0 radical (unpaired) electrons. The van der Waals surface area contributed by atoms with Crippen LogP contribution in [0.15, 0.2) is 12.1 Å². The van der Waals surface area contributed by atoms with Gasteiger partial charge in [-0.15, -0.1) is 0 Å². The molecule has 1 amide bonds. The van der Waals surface area contributed by atoms with Crippen molar-refractivity contribution in [2.45, 2.75) is 51.6 Å². The Morgan fingerprint density at radius 1 is 1.28 bits per heavy atom. The fourth-order valence-electron chi connectivity index (χ4n) is 3.32. The predicted molar refractivity (Wildman–Crippen MR) is 86.2 cm³/mol. The molecule has 1 fully saturated rings. The Labute approximate surface area is 143 Å². The zero-order chi connectivity index (χ0) is 18.2. The van der Waals surface area contributed by atoms with Crippen LogP contribution < -0.4 is 0 Å². The topological polar surface area (TPSA) is 50.5 Å². The first-order valence-electron chi connectivity index (χ1n) is 8.52. The summed E-state index contributed by atoms with van der Waals surface area (Å²) in [6.45, 7) is 4.75. The van der Waals surface area contributed by atoms with Crippen molar-refractivity contribution < 1.29 is 18.0 Å². The molecule has 3 heterocycles. The molecule has 2 aromatic rings. The number of piperidine rings is 1. The number of hydrogen-bond donors (Lipinski definition) is 0. The number of hydrogen-bond acceptors (Lipinski definition) is 3. The summed E-state index contributed by atoms with van der Waals surface area (Å²) in [5.74, 6) is 0.196. The molecule has 0 aromatic carbocycles. The lowest BCUT2D eigenvalue weighted by Gasteiger charge is -2.31. The number of nitrogens with zero attached hydrogens (tertiary/aromatic N) is 4. The summed E-state index contributed by atoms with van der Waals surface area (Å²) < 4.78 is 40.6. The number of carbonyl (C=O) groups excluding carboxylic acids is 1. The fraction of sp³-hybridized carbons (Fsp3) is 0.588. The van der Waals surface area contributed by atoms with Crippen molar-refractivity contribution in [1.82, 2.24) is 19.5 Å². The summed E-state index contributed by atoms with van der Waals surface area (Å²) in [5.41, 5.74) is 0.334. The summed E-state index contributed by atoms with van der Waals surface area (Å²) in [7, 11) is 0. The number of halogens is 3. The Morgan fingerprint density at radius 2 is 1.96 bits per heavy atom. The van der Waals surface area contributed by atoms with Gasteiger partial charge in [0.1, 0.15) is 5.69 Å². The van der Waals surface area contributed by atoms with Crippen molar-refractivity contribution in [2.24, 2.45) is 0 Å². The van der Waals surface area contributed by atoms with Crippen LogP contribution in [-0.2, 0) is 11.0 Å². The molecule has 1 aliphatic rings. The third-order valence-electron chi connectivity index (χ3n) is 4.59. The Kier molecular flexibility index (Phi) is 4.71. The van der Waals surface area contributed by atoms with E-state index in [-0.39, 0.29) is 17.5 Å². The zero-order valence-corrected chi connectivity index (χ0v) is 14.3. The number of rotatable bonds is 3. The number of carbonyl (C=O) groups is 1. The molecule has 136 valence electrons. The highest BCUT2D eigenvalue weighted by molar-refractivity contribution is 5.76. The molecule has 0 spiro atoms. The van der Waals surface area contributed by atoms with E-state index in [2.05, 4.69) is 10.1 Å². The monoisotopic (exact) mass is 354 g/mol. The van der Waals surface area contributed by atoms with Crippen molar-refractivity contribution >= 4 is 11.6 Å². The normalized spacial score (nSPS) is 16.6. The predicted octanol–water partition coefficient (Wildman–Crippen LogP) is 3.56. The molecule has 0 bridgehead atoms. The number of aryl methyl sites for hydroxylation is 1. The molecule has 2 aromatic heterocycles. The van der Waals surface area contributed by atoms with E-state index in [1.165, 1.54) is 0 Å². The molecular formula is C17H21F3N4O. The summed E-state index contributed by atoms with van der Waals surface area (Å²) >= 11 is 0. The molecule has 0 saturated carbocycles. The van der Waals surface area contributed by atoms with Crippen LogP contribution in [0.25, 0.3) is 5.65 Å². The van der Waals surface area contributed by atoms with Crippen LogP contribution in [-0.4, -0.2) is 38.5 Å². The Morgan fingerprint density at radius 3 is 2.56 bits per heavy atom. The lowest BCUT2D eigenvalue weighted by atomic mass is 9.93. The van der Waals surface area contributed by atoms with E-state index in [4.69, 9.17) is 0 Å². The molecule has 0 unspecified atom stereocenters. The van der Waals surface area contributed by atoms with Gasteiger partial charge in [0.25, 0.3) is 0 Å². The van der Waals surface area contributed by atoms with E-state index in [0.29, 0.717) is 43.7 Å². The highest BCUT2D eigenvalue weighted by Gasteiger charge is 2.35. The highest BCUT2D eigenvalue weighted by atomic mass is 19.4. The minimum Gasteiger partial charge on any atom is -0.343 e. The number of aromatic nitrogens is 3. The Hall–Kier alpha value is -2.12. The van der Waals surface area contributed by atoms with Crippen molar-refractivity contribution in [3.8, 4) is 0 Å². The van der Waals surface area contributed by atoms with Gasteiger partial charge in [0, 0.05) is 37.2 Å². The lowest BCUT2D eigenvalue weighted by molar-refractivity contribution is -0.142. The van der Waals surface area contributed by atoms with Crippen LogP contribution in [0.3, 0.4) is 0 Å². The van der Waals surface area contributed by atoms with Crippen LogP contribution in [0.1, 0.15) is 55.6 Å². The first kappa shape index (κ1) is 17.7. The van der Waals surface area contributed by atoms with E-state index >= 15 is 0 Å². The molecule has 8 heteroatoms. The maximum Gasteiger partial charge on any atom is 0.433 e. The van der Waals surface area contributed by atoms with Gasteiger partial charge < -0.3 is 4.90 Å². The molecule has 1 saturated heterocycles. The summed E-state index contributed by atoms with van der Waals surface area (Å²) in [6, 6.07) is 2.65. The first-order valence-corrected chi connectivity index (χ1v) is 8.52. The number of fused-ring (bicyclic) bond motifs is 1. The first-order chi connectivity index (χ1) is 11.8. The second-order valence-corrected chi connectivity index (χ2v) is 6.52. The largest absolute Gasteiger partial charge is 0.433 e. The number of amides is 1. The third-order valence-corrected chi connectivity index (χ3v) is 4.59. The molecule has 0 atom stereocenters. The summed E-state index contributed by atoms with van der Waals surface area (Å²) in [4.78, 5) is 17.9. The van der Waals surface area contributed by atoms with E-state index < -0.39 is 11.9 Å². The second kappa shape index (κ2) is 6.65. The molecule has 3 rings (SSSR count). The molecule has 0 N–H and O–H groups in total. The highest BCUT2D eigenvalue weighted by Crippen LogP contribution is 2.32.